The first kappa shape index (κ1) is 28.8. The second-order valence-electron chi connectivity index (χ2n) is 9.63. The van der Waals surface area contributed by atoms with Crippen molar-refractivity contribution in [3.63, 3.8) is 0 Å². The van der Waals surface area contributed by atoms with Crippen LogP contribution in [0.2, 0.25) is 0 Å². The molecular formula is C29H33N3O8. The Labute approximate surface area is 232 Å². The van der Waals surface area contributed by atoms with Crippen molar-refractivity contribution in [1.82, 2.24) is 10.2 Å². The SMILES string of the molecule is CCOC(=O)[C@@H](CCCCCCN1C(=O)c2ccccc2C1=O)N[C@H]1COc2ccccc2N(CC(=O)O)C1=O. The predicted molar refractivity (Wildman–Crippen MR) is 144 cm³/mol. The third-order valence-electron chi connectivity index (χ3n) is 6.90. The molecule has 0 radical (unpaired) electrons. The van der Waals surface area contributed by atoms with Crippen molar-refractivity contribution < 1.29 is 38.6 Å². The summed E-state index contributed by atoms with van der Waals surface area (Å²) >= 11 is 0. The molecule has 0 aliphatic carbocycles. The number of rotatable bonds is 13. The number of anilines is 1. The van der Waals surface area contributed by atoms with Gasteiger partial charge < -0.3 is 14.6 Å². The molecule has 3 amide bonds. The van der Waals surface area contributed by atoms with Gasteiger partial charge in [-0.15, -0.1) is 0 Å². The van der Waals surface area contributed by atoms with Gasteiger partial charge in [0, 0.05) is 6.54 Å². The first-order valence-electron chi connectivity index (χ1n) is 13.4. The second-order valence-corrected chi connectivity index (χ2v) is 9.63. The number of esters is 1. The van der Waals surface area contributed by atoms with Gasteiger partial charge in [-0.05, 0) is 44.0 Å². The van der Waals surface area contributed by atoms with Gasteiger partial charge in [-0.3, -0.25) is 39.1 Å². The molecule has 0 aromatic heterocycles. The lowest BCUT2D eigenvalue weighted by atomic mass is 10.1. The van der Waals surface area contributed by atoms with E-state index in [4.69, 9.17) is 9.47 Å². The van der Waals surface area contributed by atoms with E-state index in [9.17, 15) is 29.1 Å². The Balaban J connectivity index is 1.31. The van der Waals surface area contributed by atoms with Crippen molar-refractivity contribution in [2.24, 2.45) is 0 Å². The number of hydrogen-bond acceptors (Lipinski definition) is 8. The van der Waals surface area contributed by atoms with E-state index in [1.165, 1.54) is 4.90 Å². The van der Waals surface area contributed by atoms with Gasteiger partial charge in [0.05, 0.1) is 23.4 Å². The number of carbonyl (C=O) groups excluding carboxylic acids is 4. The van der Waals surface area contributed by atoms with Gasteiger partial charge in [-0.1, -0.05) is 43.5 Å². The number of carbonyl (C=O) groups is 5. The van der Waals surface area contributed by atoms with Crippen molar-refractivity contribution >= 4 is 35.3 Å². The number of unbranched alkanes of at least 4 members (excludes halogenated alkanes) is 3. The zero-order valence-corrected chi connectivity index (χ0v) is 22.3. The van der Waals surface area contributed by atoms with Crippen LogP contribution in [0.3, 0.4) is 0 Å². The molecule has 11 nitrogen and oxygen atoms in total. The fraction of sp³-hybridized carbons (Fsp3) is 0.414. The summed E-state index contributed by atoms with van der Waals surface area (Å²) in [4.78, 5) is 65.0. The van der Waals surface area contributed by atoms with E-state index in [1.807, 2.05) is 0 Å². The first-order chi connectivity index (χ1) is 19.3. The maximum atomic E-state index is 13.3. The number of aliphatic carboxylic acids is 1. The molecule has 2 aliphatic heterocycles. The van der Waals surface area contributed by atoms with Crippen LogP contribution in [0.5, 0.6) is 5.75 Å². The first-order valence-corrected chi connectivity index (χ1v) is 13.4. The highest BCUT2D eigenvalue weighted by atomic mass is 16.5. The van der Waals surface area contributed by atoms with E-state index in [2.05, 4.69) is 5.32 Å². The minimum atomic E-state index is -1.17. The van der Waals surface area contributed by atoms with Gasteiger partial charge in [0.2, 0.25) is 5.91 Å². The Hall–Kier alpha value is -4.25. The molecular weight excluding hydrogens is 518 g/mol. The van der Waals surface area contributed by atoms with Crippen molar-refractivity contribution in [3.05, 3.63) is 59.7 Å². The molecule has 2 aromatic carbocycles. The van der Waals surface area contributed by atoms with Crippen LogP contribution >= 0.6 is 0 Å². The molecule has 11 heteroatoms. The van der Waals surface area contributed by atoms with Crippen LogP contribution in [0.15, 0.2) is 48.5 Å². The Bertz CT molecular complexity index is 1240. The molecule has 212 valence electrons. The average molecular weight is 552 g/mol. The summed E-state index contributed by atoms with van der Waals surface area (Å²) in [5, 5.41) is 12.4. The second kappa shape index (κ2) is 13.2. The van der Waals surface area contributed by atoms with Gasteiger partial charge >= 0.3 is 11.9 Å². The third kappa shape index (κ3) is 6.48. The number of nitrogens with one attached hydrogen (secondary N) is 1. The number of amides is 3. The summed E-state index contributed by atoms with van der Waals surface area (Å²) in [6.07, 6.45) is 3.09. The van der Waals surface area contributed by atoms with Gasteiger partial charge in [-0.25, -0.2) is 0 Å². The Kier molecular flexibility index (Phi) is 9.49. The van der Waals surface area contributed by atoms with Gasteiger partial charge in [-0.2, -0.15) is 0 Å². The summed E-state index contributed by atoms with van der Waals surface area (Å²) in [5.74, 6) is -2.36. The zero-order chi connectivity index (χ0) is 28.6. The molecule has 2 atom stereocenters. The van der Waals surface area contributed by atoms with E-state index in [0.29, 0.717) is 48.4 Å². The molecule has 0 saturated heterocycles. The summed E-state index contributed by atoms with van der Waals surface area (Å²) in [5.41, 5.74) is 1.21. The van der Waals surface area contributed by atoms with Crippen molar-refractivity contribution in [2.45, 2.75) is 51.1 Å². The minimum Gasteiger partial charge on any atom is -0.489 e. The van der Waals surface area contributed by atoms with Gasteiger partial charge in [0.1, 0.15) is 31.0 Å². The molecule has 2 heterocycles. The van der Waals surface area contributed by atoms with E-state index in [1.54, 1.807) is 55.5 Å². The van der Waals surface area contributed by atoms with Crippen LogP contribution in [0.4, 0.5) is 5.69 Å². The third-order valence-corrected chi connectivity index (χ3v) is 6.90. The molecule has 2 aliphatic rings. The number of carboxylic acid groups (broad SMARTS) is 1. The van der Waals surface area contributed by atoms with E-state index >= 15 is 0 Å². The lowest BCUT2D eigenvalue weighted by molar-refractivity contribution is -0.146. The minimum absolute atomic E-state index is 0.0812. The number of benzene rings is 2. The molecule has 0 fully saturated rings. The van der Waals surface area contributed by atoms with E-state index < -0.39 is 36.5 Å². The zero-order valence-electron chi connectivity index (χ0n) is 22.3. The Morgan fingerprint density at radius 1 is 0.975 bits per heavy atom. The molecule has 0 spiro atoms. The highest BCUT2D eigenvalue weighted by Gasteiger charge is 2.36. The van der Waals surface area contributed by atoms with E-state index in [0.717, 1.165) is 17.7 Å². The number of imide groups is 1. The number of fused-ring (bicyclic) bond motifs is 2. The molecule has 40 heavy (non-hydrogen) atoms. The van der Waals surface area contributed by atoms with Gasteiger partial charge in [0.15, 0.2) is 0 Å². The Morgan fingerprint density at radius 3 is 2.30 bits per heavy atom. The lowest BCUT2D eigenvalue weighted by Crippen LogP contribution is -2.54. The number of carboxylic acids is 1. The molecule has 4 rings (SSSR count). The highest BCUT2D eigenvalue weighted by Crippen LogP contribution is 2.31. The molecule has 2 aromatic rings. The summed E-state index contributed by atoms with van der Waals surface area (Å²) in [6, 6.07) is 11.7. The number of para-hydroxylation sites is 2. The maximum Gasteiger partial charge on any atom is 0.323 e. The van der Waals surface area contributed by atoms with Crippen LogP contribution in [-0.4, -0.2) is 78.1 Å². The van der Waals surface area contributed by atoms with E-state index in [-0.39, 0.29) is 25.0 Å². The quantitative estimate of drug-likeness (QED) is 0.218. The smallest absolute Gasteiger partial charge is 0.323 e. The van der Waals surface area contributed by atoms with Crippen molar-refractivity contribution in [1.29, 1.82) is 0 Å². The highest BCUT2D eigenvalue weighted by molar-refractivity contribution is 6.21. The maximum absolute atomic E-state index is 13.3. The summed E-state index contributed by atoms with van der Waals surface area (Å²) < 4.78 is 11.0. The standard InChI is InChI=1S/C29H33N3O8/c1-2-39-29(38)21(13-5-3-4-10-16-31-26(35)19-11-6-7-12-20(19)27(31)36)30-22-18-40-24-15-9-8-14-23(24)32(28(22)37)17-25(33)34/h6-9,11-12,14-15,21-22,30H,2-5,10,13,16-18H2,1H3,(H,33,34)/t21-,22+/m1/s1. The Morgan fingerprint density at radius 2 is 1.62 bits per heavy atom. The summed E-state index contributed by atoms with van der Waals surface area (Å²) in [7, 11) is 0. The predicted octanol–water partition coefficient (Wildman–Crippen LogP) is 2.63. The van der Waals surface area contributed by atoms with Crippen LogP contribution in [0.25, 0.3) is 0 Å². The van der Waals surface area contributed by atoms with Crippen LogP contribution in [0.1, 0.15) is 59.7 Å². The van der Waals surface area contributed by atoms with Crippen LogP contribution < -0.4 is 15.0 Å². The van der Waals surface area contributed by atoms with Crippen LogP contribution in [-0.2, 0) is 19.1 Å². The van der Waals surface area contributed by atoms with Crippen molar-refractivity contribution in [2.75, 3.05) is 31.2 Å². The number of hydrogen-bond donors (Lipinski definition) is 2. The molecule has 2 N–H and O–H groups in total. The normalized spacial score (nSPS) is 17.1. The largest absolute Gasteiger partial charge is 0.489 e. The summed E-state index contributed by atoms with van der Waals surface area (Å²) in [6.45, 7) is 1.55. The number of nitrogens with zero attached hydrogens (tertiary/aromatic N) is 2. The van der Waals surface area contributed by atoms with Crippen molar-refractivity contribution in [3.8, 4) is 5.75 Å². The fourth-order valence-electron chi connectivity index (χ4n) is 4.94. The lowest BCUT2D eigenvalue weighted by Gasteiger charge is -2.26. The molecule has 0 saturated carbocycles. The number of ether oxygens (including phenoxy) is 2. The average Bonchev–Trinajstić information content (AvgIpc) is 3.11. The molecule has 0 unspecified atom stereocenters. The topological polar surface area (TPSA) is 143 Å². The van der Waals surface area contributed by atoms with Gasteiger partial charge in [0.25, 0.3) is 11.8 Å². The van der Waals surface area contributed by atoms with Crippen LogP contribution in [0, 0.1) is 0 Å². The molecule has 0 bridgehead atoms. The monoisotopic (exact) mass is 551 g/mol. The fourth-order valence-corrected chi connectivity index (χ4v) is 4.94.